The number of hydrogen-bond donors (Lipinski definition) is 3. The molecule has 170 valence electrons. The van der Waals surface area contributed by atoms with Crippen molar-refractivity contribution in [3.63, 3.8) is 0 Å². The molecule has 2 aliphatic rings. The van der Waals surface area contributed by atoms with Gasteiger partial charge in [-0.2, -0.15) is 0 Å². The van der Waals surface area contributed by atoms with E-state index in [0.29, 0.717) is 25.6 Å². The lowest BCUT2D eigenvalue weighted by Crippen LogP contribution is -2.50. The van der Waals surface area contributed by atoms with Crippen LogP contribution in [-0.2, 0) is 11.3 Å². The zero-order chi connectivity index (χ0) is 21.8. The van der Waals surface area contributed by atoms with Gasteiger partial charge in [0, 0.05) is 26.7 Å². The van der Waals surface area contributed by atoms with E-state index in [1.54, 1.807) is 18.4 Å². The number of hydrogen-bond acceptors (Lipinski definition) is 8. The lowest BCUT2D eigenvalue weighted by atomic mass is 9.93. The Morgan fingerprint density at radius 2 is 2.13 bits per heavy atom. The summed E-state index contributed by atoms with van der Waals surface area (Å²) in [5.41, 5.74) is 2.06. The van der Waals surface area contributed by atoms with Crippen LogP contribution in [-0.4, -0.2) is 89.6 Å². The van der Waals surface area contributed by atoms with Gasteiger partial charge in [-0.15, -0.1) is 0 Å². The molecule has 1 unspecified atom stereocenters. The fourth-order valence-corrected chi connectivity index (χ4v) is 5.34. The van der Waals surface area contributed by atoms with Crippen LogP contribution >= 0.6 is 11.3 Å². The highest BCUT2D eigenvalue weighted by Gasteiger charge is 2.25. The van der Waals surface area contributed by atoms with Gasteiger partial charge in [-0.3, -0.25) is 9.89 Å². The number of thiazole rings is 1. The molecule has 0 amide bonds. The molecule has 0 spiro atoms. The van der Waals surface area contributed by atoms with Crippen LogP contribution in [0.4, 0.5) is 5.13 Å². The lowest BCUT2D eigenvalue weighted by molar-refractivity contribution is 0.0360. The quantitative estimate of drug-likeness (QED) is 0.355. The van der Waals surface area contributed by atoms with Gasteiger partial charge in [0.2, 0.25) is 0 Å². The van der Waals surface area contributed by atoms with E-state index in [1.165, 1.54) is 0 Å². The Morgan fingerprint density at radius 3 is 2.87 bits per heavy atom. The second-order valence-corrected chi connectivity index (χ2v) is 9.42. The fraction of sp³-hybridized carbons (Fsp3) is 0.636. The number of rotatable bonds is 6. The minimum atomic E-state index is -0.773. The maximum Gasteiger partial charge on any atom is 0.184 e. The average molecular weight is 448 g/mol. The normalized spacial score (nSPS) is 24.0. The minimum absolute atomic E-state index is 0.0852. The lowest BCUT2D eigenvalue weighted by Gasteiger charge is -2.34. The summed E-state index contributed by atoms with van der Waals surface area (Å²) < 4.78 is 6.51. The van der Waals surface area contributed by atoms with Crippen molar-refractivity contribution < 1.29 is 14.9 Å². The predicted molar refractivity (Wildman–Crippen MR) is 125 cm³/mol. The number of likely N-dealkylation sites (N-methyl/N-ethyl adjacent to an activating group) is 1. The van der Waals surface area contributed by atoms with Crippen LogP contribution in [0.2, 0.25) is 0 Å². The van der Waals surface area contributed by atoms with Gasteiger partial charge in [0.1, 0.15) is 5.84 Å². The van der Waals surface area contributed by atoms with Crippen LogP contribution in [0.5, 0.6) is 0 Å². The van der Waals surface area contributed by atoms with E-state index >= 15 is 0 Å². The monoisotopic (exact) mass is 447 g/mol. The number of morpholine rings is 1. The Morgan fingerprint density at radius 1 is 1.35 bits per heavy atom. The first-order valence-electron chi connectivity index (χ1n) is 11.1. The summed E-state index contributed by atoms with van der Waals surface area (Å²) in [5, 5.41) is 25.4. The molecule has 2 aromatic rings. The summed E-state index contributed by atoms with van der Waals surface area (Å²) in [6.07, 6.45) is 3.01. The molecule has 0 radical (unpaired) electrons. The van der Waals surface area contributed by atoms with E-state index < -0.39 is 6.23 Å². The van der Waals surface area contributed by atoms with E-state index in [-0.39, 0.29) is 12.1 Å². The molecule has 9 heteroatoms. The molecule has 1 aliphatic heterocycles. The number of ether oxygens (including phenoxy) is 1. The molecule has 4 rings (SSSR count). The fourth-order valence-electron chi connectivity index (χ4n) is 4.35. The van der Waals surface area contributed by atoms with Crippen LogP contribution in [0.3, 0.4) is 0 Å². The van der Waals surface area contributed by atoms with Crippen molar-refractivity contribution in [2.45, 2.75) is 50.6 Å². The number of benzene rings is 1. The highest BCUT2D eigenvalue weighted by Crippen LogP contribution is 2.30. The average Bonchev–Trinajstić information content (AvgIpc) is 3.18. The van der Waals surface area contributed by atoms with Gasteiger partial charge in [-0.1, -0.05) is 30.2 Å². The predicted octanol–water partition coefficient (Wildman–Crippen LogP) is 2.12. The third kappa shape index (κ3) is 5.35. The molecule has 1 aliphatic carbocycles. The number of nitrogens with one attached hydrogen (secondary N) is 1. The first-order chi connectivity index (χ1) is 15.0. The van der Waals surface area contributed by atoms with Gasteiger partial charge in [-0.25, -0.2) is 4.98 Å². The van der Waals surface area contributed by atoms with E-state index in [9.17, 15) is 10.2 Å². The number of nitrogens with zero attached hydrogens (tertiary/aromatic N) is 4. The second-order valence-electron chi connectivity index (χ2n) is 8.39. The van der Waals surface area contributed by atoms with Crippen LogP contribution in [0.15, 0.2) is 23.2 Å². The van der Waals surface area contributed by atoms with Crippen molar-refractivity contribution in [3.05, 3.63) is 23.8 Å². The first kappa shape index (κ1) is 22.4. The number of aliphatic hydroxyl groups excluding tert-OH is 2. The maximum atomic E-state index is 10.9. The van der Waals surface area contributed by atoms with Crippen LogP contribution in [0.1, 0.15) is 31.2 Å². The van der Waals surface area contributed by atoms with E-state index in [2.05, 4.69) is 27.3 Å². The smallest absolute Gasteiger partial charge is 0.184 e. The van der Waals surface area contributed by atoms with E-state index in [1.807, 2.05) is 18.0 Å². The largest absolute Gasteiger partial charge is 0.391 e. The molecule has 2 heterocycles. The first-order valence-corrected chi connectivity index (χ1v) is 11.9. The Kier molecular flexibility index (Phi) is 7.39. The molecule has 3 N–H and O–H groups in total. The summed E-state index contributed by atoms with van der Waals surface area (Å²) in [7, 11) is 3.63. The van der Waals surface area contributed by atoms with Gasteiger partial charge in [0.05, 0.1) is 35.6 Å². The Balaban J connectivity index is 1.41. The summed E-state index contributed by atoms with van der Waals surface area (Å²) >= 11 is 1.62. The molecule has 31 heavy (non-hydrogen) atoms. The third-order valence-corrected chi connectivity index (χ3v) is 7.09. The molecule has 1 aromatic heterocycles. The van der Waals surface area contributed by atoms with Crippen molar-refractivity contribution in [2.75, 3.05) is 45.7 Å². The van der Waals surface area contributed by atoms with Crippen molar-refractivity contribution in [2.24, 2.45) is 4.99 Å². The van der Waals surface area contributed by atoms with Crippen LogP contribution in [0, 0.1) is 0 Å². The summed E-state index contributed by atoms with van der Waals surface area (Å²) in [6.45, 7) is 3.41. The van der Waals surface area contributed by atoms with E-state index in [0.717, 1.165) is 59.7 Å². The molecule has 1 saturated carbocycles. The van der Waals surface area contributed by atoms with Crippen molar-refractivity contribution in [1.82, 2.24) is 14.8 Å². The van der Waals surface area contributed by atoms with Gasteiger partial charge in [-0.05, 0) is 37.6 Å². The highest BCUT2D eigenvalue weighted by atomic mass is 32.1. The standard InChI is InChI=1S/C22H33N5O3S/c1-23-20(27-9-11-30-12-10-27)21(29)26(2)14-15-7-8-17-19(13-15)31-22(25-17)24-16-5-3-4-6-18(16)28/h7-8,13,16,18,21,28-29H,3-6,9-12,14H2,1-2H3,(H,24,25)/t16-,18-,21?/m1/s1. The Bertz CT molecular complexity index is 898. The summed E-state index contributed by atoms with van der Waals surface area (Å²) in [6, 6.07) is 6.31. The zero-order valence-corrected chi connectivity index (χ0v) is 19.1. The van der Waals surface area contributed by atoms with Crippen molar-refractivity contribution in [3.8, 4) is 0 Å². The minimum Gasteiger partial charge on any atom is -0.391 e. The molecule has 2 fully saturated rings. The van der Waals surface area contributed by atoms with Gasteiger partial charge in [0.15, 0.2) is 11.4 Å². The molecule has 8 nitrogen and oxygen atoms in total. The third-order valence-electron chi connectivity index (χ3n) is 6.14. The van der Waals surface area contributed by atoms with Crippen molar-refractivity contribution in [1.29, 1.82) is 0 Å². The highest BCUT2D eigenvalue weighted by molar-refractivity contribution is 7.22. The molecule has 3 atom stereocenters. The Hall–Kier alpha value is -1.78. The SMILES string of the molecule is CN=C(C(O)N(C)Cc1ccc2nc(N[C@@H]3CCCC[C@H]3O)sc2c1)N1CCOCC1. The van der Waals surface area contributed by atoms with Crippen LogP contribution < -0.4 is 5.32 Å². The van der Waals surface area contributed by atoms with Crippen molar-refractivity contribution >= 4 is 32.5 Å². The van der Waals surface area contributed by atoms with E-state index in [4.69, 9.17) is 9.72 Å². The summed E-state index contributed by atoms with van der Waals surface area (Å²) in [4.78, 5) is 13.0. The number of aliphatic imine (C=N–C) groups is 1. The maximum absolute atomic E-state index is 10.9. The number of aromatic nitrogens is 1. The zero-order valence-electron chi connectivity index (χ0n) is 18.3. The Labute approximate surface area is 187 Å². The topological polar surface area (TPSA) is 93.5 Å². The van der Waals surface area contributed by atoms with Gasteiger partial charge >= 0.3 is 0 Å². The summed E-state index contributed by atoms with van der Waals surface area (Å²) in [5.74, 6) is 0.683. The molecule has 1 aromatic carbocycles. The molecular weight excluding hydrogens is 414 g/mol. The van der Waals surface area contributed by atoms with Crippen LogP contribution in [0.25, 0.3) is 10.2 Å². The second kappa shape index (κ2) is 10.2. The van der Waals surface area contributed by atoms with Gasteiger partial charge in [0.25, 0.3) is 0 Å². The molecule has 1 saturated heterocycles. The number of aliphatic hydroxyl groups is 2. The number of fused-ring (bicyclic) bond motifs is 1. The molecular formula is C22H33N5O3S. The molecule has 0 bridgehead atoms. The number of amidine groups is 1. The van der Waals surface area contributed by atoms with Gasteiger partial charge < -0.3 is 25.2 Å². The number of anilines is 1.